The average Bonchev–Trinajstić information content (AvgIpc) is 2.68. The van der Waals surface area contributed by atoms with Crippen LogP contribution in [-0.2, 0) is 17.6 Å². The number of halogens is 1. The lowest BCUT2D eigenvalue weighted by molar-refractivity contribution is -0.136. The van der Waals surface area contributed by atoms with Crippen LogP contribution in [0.25, 0.3) is 0 Å². The maximum Gasteiger partial charge on any atom is 0.309 e. The highest BCUT2D eigenvalue weighted by Crippen LogP contribution is 2.14. The van der Waals surface area contributed by atoms with E-state index in [0.717, 1.165) is 5.56 Å². The van der Waals surface area contributed by atoms with E-state index in [0.29, 0.717) is 22.9 Å². The SMILES string of the molecule is O=C(O)Cc1cc(Cc2ccc(Cl)cc2)on1. The number of benzene rings is 1. The fraction of sp³-hybridized carbons (Fsp3) is 0.167. The highest BCUT2D eigenvalue weighted by molar-refractivity contribution is 6.30. The minimum absolute atomic E-state index is 0.121. The van der Waals surface area contributed by atoms with Crippen molar-refractivity contribution in [3.8, 4) is 0 Å². The van der Waals surface area contributed by atoms with Gasteiger partial charge in [0.05, 0.1) is 12.1 Å². The van der Waals surface area contributed by atoms with Crippen molar-refractivity contribution in [3.05, 3.63) is 52.4 Å². The Bertz CT molecular complexity index is 519. The lowest BCUT2D eigenvalue weighted by Crippen LogP contribution is -1.99. The van der Waals surface area contributed by atoms with Crippen molar-refractivity contribution in [2.24, 2.45) is 0 Å². The van der Waals surface area contributed by atoms with Gasteiger partial charge >= 0.3 is 5.97 Å². The van der Waals surface area contributed by atoms with Crippen LogP contribution in [0.4, 0.5) is 0 Å². The molecular formula is C12H10ClNO3. The third-order valence-electron chi connectivity index (χ3n) is 2.23. The molecular weight excluding hydrogens is 242 g/mol. The molecule has 0 spiro atoms. The number of aromatic nitrogens is 1. The first-order chi connectivity index (χ1) is 8.13. The highest BCUT2D eigenvalue weighted by Gasteiger charge is 2.08. The molecule has 1 heterocycles. The van der Waals surface area contributed by atoms with Crippen LogP contribution in [0.5, 0.6) is 0 Å². The normalized spacial score (nSPS) is 10.4. The number of rotatable bonds is 4. The summed E-state index contributed by atoms with van der Waals surface area (Å²) in [5, 5.41) is 13.0. The van der Waals surface area contributed by atoms with Crippen molar-refractivity contribution < 1.29 is 14.4 Å². The van der Waals surface area contributed by atoms with Gasteiger partial charge in [-0.3, -0.25) is 4.79 Å². The highest BCUT2D eigenvalue weighted by atomic mass is 35.5. The fourth-order valence-corrected chi connectivity index (χ4v) is 1.61. The quantitative estimate of drug-likeness (QED) is 0.907. The summed E-state index contributed by atoms with van der Waals surface area (Å²) in [6, 6.07) is 9.03. The first kappa shape index (κ1) is 11.7. The van der Waals surface area contributed by atoms with Crippen molar-refractivity contribution in [2.45, 2.75) is 12.8 Å². The molecule has 2 rings (SSSR count). The van der Waals surface area contributed by atoms with Crippen LogP contribution in [0.3, 0.4) is 0 Å². The molecule has 1 N–H and O–H groups in total. The fourth-order valence-electron chi connectivity index (χ4n) is 1.48. The Hall–Kier alpha value is -1.81. The predicted molar refractivity (Wildman–Crippen MR) is 62.1 cm³/mol. The van der Waals surface area contributed by atoms with E-state index >= 15 is 0 Å². The average molecular weight is 252 g/mol. The molecule has 0 aliphatic rings. The summed E-state index contributed by atoms with van der Waals surface area (Å²) in [5.41, 5.74) is 1.47. The van der Waals surface area contributed by atoms with E-state index in [9.17, 15) is 4.79 Å². The van der Waals surface area contributed by atoms with E-state index in [4.69, 9.17) is 21.2 Å². The maximum absolute atomic E-state index is 10.5. The molecule has 0 saturated heterocycles. The van der Waals surface area contributed by atoms with Crippen molar-refractivity contribution in [2.75, 3.05) is 0 Å². The van der Waals surface area contributed by atoms with E-state index in [-0.39, 0.29) is 6.42 Å². The van der Waals surface area contributed by atoms with Gasteiger partial charge in [-0.25, -0.2) is 0 Å². The summed E-state index contributed by atoms with van der Waals surface area (Å²) in [7, 11) is 0. The molecule has 88 valence electrons. The zero-order chi connectivity index (χ0) is 12.3. The number of nitrogens with zero attached hydrogens (tertiary/aromatic N) is 1. The zero-order valence-corrected chi connectivity index (χ0v) is 9.65. The summed E-state index contributed by atoms with van der Waals surface area (Å²) in [5.74, 6) is -0.278. The second kappa shape index (κ2) is 5.01. The Labute approximate surface area is 103 Å². The number of hydrogen-bond acceptors (Lipinski definition) is 3. The molecule has 1 aromatic carbocycles. The van der Waals surface area contributed by atoms with Gasteiger partial charge in [-0.05, 0) is 17.7 Å². The van der Waals surface area contributed by atoms with Gasteiger partial charge in [0, 0.05) is 17.5 Å². The Kier molecular flexibility index (Phi) is 3.44. The molecule has 0 radical (unpaired) electrons. The van der Waals surface area contributed by atoms with Crippen LogP contribution in [0.2, 0.25) is 5.02 Å². The number of carboxylic acid groups (broad SMARTS) is 1. The largest absolute Gasteiger partial charge is 0.481 e. The smallest absolute Gasteiger partial charge is 0.309 e. The van der Waals surface area contributed by atoms with Crippen LogP contribution < -0.4 is 0 Å². The zero-order valence-electron chi connectivity index (χ0n) is 8.89. The lowest BCUT2D eigenvalue weighted by Gasteiger charge is -1.96. The van der Waals surface area contributed by atoms with E-state index in [2.05, 4.69) is 5.16 Å². The first-order valence-electron chi connectivity index (χ1n) is 5.04. The Morgan fingerprint density at radius 3 is 2.71 bits per heavy atom. The van der Waals surface area contributed by atoms with Gasteiger partial charge in [-0.2, -0.15) is 0 Å². The Morgan fingerprint density at radius 2 is 2.06 bits per heavy atom. The van der Waals surface area contributed by atoms with E-state index in [1.165, 1.54) is 0 Å². The van der Waals surface area contributed by atoms with Gasteiger partial charge in [0.15, 0.2) is 0 Å². The van der Waals surface area contributed by atoms with Gasteiger partial charge in [-0.1, -0.05) is 28.9 Å². The van der Waals surface area contributed by atoms with E-state index in [1.54, 1.807) is 18.2 Å². The molecule has 0 fully saturated rings. The van der Waals surface area contributed by atoms with Crippen LogP contribution in [-0.4, -0.2) is 16.2 Å². The molecule has 17 heavy (non-hydrogen) atoms. The summed E-state index contributed by atoms with van der Waals surface area (Å²) < 4.78 is 5.05. The molecule has 0 saturated carbocycles. The van der Waals surface area contributed by atoms with Crippen LogP contribution in [0.15, 0.2) is 34.9 Å². The van der Waals surface area contributed by atoms with Gasteiger partial charge in [0.1, 0.15) is 5.76 Å². The topological polar surface area (TPSA) is 63.3 Å². The van der Waals surface area contributed by atoms with E-state index < -0.39 is 5.97 Å². The minimum atomic E-state index is -0.920. The Morgan fingerprint density at radius 1 is 1.35 bits per heavy atom. The summed E-state index contributed by atoms with van der Waals surface area (Å²) >= 11 is 5.78. The van der Waals surface area contributed by atoms with Gasteiger partial charge in [0.2, 0.25) is 0 Å². The molecule has 0 amide bonds. The molecule has 4 nitrogen and oxygen atoms in total. The lowest BCUT2D eigenvalue weighted by atomic mass is 10.1. The molecule has 5 heteroatoms. The van der Waals surface area contributed by atoms with Gasteiger partial charge in [0.25, 0.3) is 0 Å². The maximum atomic E-state index is 10.5. The van der Waals surface area contributed by atoms with E-state index in [1.807, 2.05) is 12.1 Å². The van der Waals surface area contributed by atoms with Crippen molar-refractivity contribution in [3.63, 3.8) is 0 Å². The Balaban J connectivity index is 2.06. The van der Waals surface area contributed by atoms with Crippen LogP contribution in [0.1, 0.15) is 17.0 Å². The molecule has 0 aliphatic heterocycles. The second-order valence-corrected chi connectivity index (χ2v) is 4.09. The van der Waals surface area contributed by atoms with Crippen LogP contribution >= 0.6 is 11.6 Å². The molecule has 1 aromatic heterocycles. The molecule has 2 aromatic rings. The summed E-state index contributed by atoms with van der Waals surface area (Å²) in [6.45, 7) is 0. The molecule has 0 atom stereocenters. The molecule has 0 bridgehead atoms. The standard InChI is InChI=1S/C12H10ClNO3/c13-9-3-1-8(2-4-9)5-11-6-10(14-17-11)7-12(15)16/h1-4,6H,5,7H2,(H,15,16). The summed E-state index contributed by atoms with van der Waals surface area (Å²) in [4.78, 5) is 10.5. The number of carboxylic acids is 1. The minimum Gasteiger partial charge on any atom is -0.481 e. The molecule has 0 unspecified atom stereocenters. The van der Waals surface area contributed by atoms with Crippen molar-refractivity contribution in [1.29, 1.82) is 0 Å². The van der Waals surface area contributed by atoms with Gasteiger partial charge < -0.3 is 9.63 Å². The first-order valence-corrected chi connectivity index (χ1v) is 5.42. The van der Waals surface area contributed by atoms with Crippen LogP contribution in [0, 0.1) is 0 Å². The predicted octanol–water partition coefficient (Wildman–Crippen LogP) is 2.55. The summed E-state index contributed by atoms with van der Waals surface area (Å²) in [6.07, 6.45) is 0.452. The number of hydrogen-bond donors (Lipinski definition) is 1. The van der Waals surface area contributed by atoms with Crippen molar-refractivity contribution in [1.82, 2.24) is 5.16 Å². The second-order valence-electron chi connectivity index (χ2n) is 3.66. The third-order valence-corrected chi connectivity index (χ3v) is 2.48. The number of carbonyl (C=O) groups is 1. The molecule has 0 aliphatic carbocycles. The monoisotopic (exact) mass is 251 g/mol. The number of aliphatic carboxylic acids is 1. The third kappa shape index (κ3) is 3.32. The van der Waals surface area contributed by atoms with Gasteiger partial charge in [-0.15, -0.1) is 0 Å². The van der Waals surface area contributed by atoms with Crippen molar-refractivity contribution >= 4 is 17.6 Å².